The van der Waals surface area contributed by atoms with Gasteiger partial charge < -0.3 is 15.7 Å². The van der Waals surface area contributed by atoms with Gasteiger partial charge >= 0.3 is 6.18 Å². The van der Waals surface area contributed by atoms with Crippen LogP contribution in [0.4, 0.5) is 24.8 Å². The highest BCUT2D eigenvalue weighted by molar-refractivity contribution is 7.15. The summed E-state index contributed by atoms with van der Waals surface area (Å²) in [5.74, 6) is -0.343. The van der Waals surface area contributed by atoms with Crippen LogP contribution in [-0.4, -0.2) is 30.3 Å². The maximum absolute atomic E-state index is 13.0. The lowest BCUT2D eigenvalue weighted by molar-refractivity contribution is -0.141. The molecule has 0 atom stereocenters. The van der Waals surface area contributed by atoms with Crippen LogP contribution in [0.3, 0.4) is 0 Å². The predicted molar refractivity (Wildman–Crippen MR) is 142 cm³/mol. The van der Waals surface area contributed by atoms with E-state index in [0.717, 1.165) is 33.1 Å². The Morgan fingerprint density at radius 1 is 1.15 bits per heavy atom. The molecule has 3 aromatic heterocycles. The minimum atomic E-state index is -4.57. The molecular formula is C26H25F3N6O2S2. The highest BCUT2D eigenvalue weighted by Crippen LogP contribution is 2.43. The summed E-state index contributed by atoms with van der Waals surface area (Å²) >= 11 is 2.71. The predicted octanol–water partition coefficient (Wildman–Crippen LogP) is 5.82. The lowest BCUT2D eigenvalue weighted by atomic mass is 9.78. The van der Waals surface area contributed by atoms with E-state index in [1.165, 1.54) is 22.9 Å². The molecule has 0 saturated heterocycles. The highest BCUT2D eigenvalue weighted by Gasteiger charge is 2.39. The molecular weight excluding hydrogens is 549 g/mol. The smallest absolute Gasteiger partial charge is 0.383 e. The van der Waals surface area contributed by atoms with Gasteiger partial charge in [-0.05, 0) is 79.5 Å². The molecule has 39 heavy (non-hydrogen) atoms. The average Bonchev–Trinajstić information content (AvgIpc) is 3.60. The Morgan fingerprint density at radius 3 is 2.67 bits per heavy atom. The summed E-state index contributed by atoms with van der Waals surface area (Å²) in [6.07, 6.45) is 1.83. The summed E-state index contributed by atoms with van der Waals surface area (Å²) < 4.78 is 43.1. The number of aliphatic hydroxyl groups is 1. The number of nitrogens with one attached hydrogen (secondary N) is 2. The molecule has 3 N–H and O–H groups in total. The van der Waals surface area contributed by atoms with Crippen molar-refractivity contribution < 1.29 is 23.1 Å². The van der Waals surface area contributed by atoms with Crippen LogP contribution in [0.2, 0.25) is 0 Å². The normalized spacial score (nSPS) is 19.6. The summed E-state index contributed by atoms with van der Waals surface area (Å²) in [5.41, 5.74) is 0.0604. The van der Waals surface area contributed by atoms with Gasteiger partial charge in [-0.1, -0.05) is 6.07 Å². The number of hydrogen-bond donors (Lipinski definition) is 3. The van der Waals surface area contributed by atoms with Crippen molar-refractivity contribution in [1.82, 2.24) is 24.6 Å². The third-order valence-corrected chi connectivity index (χ3v) is 8.56. The molecule has 4 aromatic rings. The highest BCUT2D eigenvalue weighted by atomic mass is 32.1. The zero-order valence-corrected chi connectivity index (χ0v) is 22.5. The maximum atomic E-state index is 13.0. The first-order chi connectivity index (χ1) is 18.6. The third kappa shape index (κ3) is 6.43. The average molecular weight is 575 g/mol. The van der Waals surface area contributed by atoms with Gasteiger partial charge in [0.25, 0.3) is 0 Å². The Hall–Kier alpha value is -3.42. The Morgan fingerprint density at radius 2 is 1.95 bits per heavy atom. The molecule has 1 amide bonds. The Kier molecular flexibility index (Phi) is 7.65. The van der Waals surface area contributed by atoms with Crippen LogP contribution in [0.5, 0.6) is 0 Å². The van der Waals surface area contributed by atoms with Gasteiger partial charge in [0.05, 0.1) is 11.4 Å². The van der Waals surface area contributed by atoms with Crippen LogP contribution in [0.1, 0.15) is 46.8 Å². The summed E-state index contributed by atoms with van der Waals surface area (Å²) in [7, 11) is 0. The second-order valence-corrected chi connectivity index (χ2v) is 11.5. The van der Waals surface area contributed by atoms with E-state index in [4.69, 9.17) is 0 Å². The van der Waals surface area contributed by atoms with E-state index >= 15 is 0 Å². The molecule has 5 rings (SSSR count). The molecule has 204 valence electrons. The number of aromatic nitrogens is 4. The molecule has 1 aliphatic rings. The number of rotatable bonds is 7. The zero-order chi connectivity index (χ0) is 27.6. The van der Waals surface area contributed by atoms with E-state index in [9.17, 15) is 23.1 Å². The Bertz CT molecular complexity index is 1450. The van der Waals surface area contributed by atoms with Gasteiger partial charge in [0.1, 0.15) is 16.3 Å². The van der Waals surface area contributed by atoms with E-state index in [2.05, 4.69) is 30.0 Å². The number of benzene rings is 1. The number of thiazole rings is 1. The second kappa shape index (κ2) is 11.0. The van der Waals surface area contributed by atoms with Gasteiger partial charge in [-0.3, -0.25) is 4.79 Å². The first kappa shape index (κ1) is 27.2. The summed E-state index contributed by atoms with van der Waals surface area (Å²) in [5, 5.41) is 17.8. The summed E-state index contributed by atoms with van der Waals surface area (Å²) in [6, 6.07) is 8.19. The standard InChI is InChI=1S/C26H25F3N6O2S2/c1-15-10-17(12-18(11-15)34-24-30-8-5-21(35-24)26(27,28)29)20-14-32-23(38-20)25(37)6-2-16(3-7-25)22(36)31-13-19-4-9-33-39-19/h4-5,8-12,14,16,37H,2-3,6-7,13H2,1H3,(H,31,36)(H,30,34,35)/t16-,25-. The molecule has 1 aliphatic carbocycles. The molecule has 1 fully saturated rings. The minimum absolute atomic E-state index is 0.0187. The number of alkyl halides is 3. The molecule has 0 aliphatic heterocycles. The van der Waals surface area contributed by atoms with E-state index in [1.807, 2.05) is 19.1 Å². The SMILES string of the molecule is Cc1cc(Nc2nccc(C(F)(F)F)n2)cc(-c2cnc([C@]3(O)CC[C@H](C(=O)NCc4ccns4)CC3)s2)c1. The number of amides is 1. The van der Waals surface area contributed by atoms with E-state index in [0.29, 0.717) is 42.9 Å². The van der Waals surface area contributed by atoms with Gasteiger partial charge in [-0.25, -0.2) is 19.3 Å². The molecule has 0 bridgehead atoms. The fraction of sp³-hybridized carbons (Fsp3) is 0.346. The van der Waals surface area contributed by atoms with Crippen LogP contribution < -0.4 is 10.6 Å². The third-order valence-electron chi connectivity index (χ3n) is 6.58. The monoisotopic (exact) mass is 574 g/mol. The molecule has 0 unspecified atom stereocenters. The molecule has 0 radical (unpaired) electrons. The number of carbonyl (C=O) groups is 1. The van der Waals surface area contributed by atoms with Gasteiger partial charge in [-0.2, -0.15) is 13.2 Å². The summed E-state index contributed by atoms with van der Waals surface area (Å²) in [6.45, 7) is 2.33. The lowest BCUT2D eigenvalue weighted by Crippen LogP contribution is -2.38. The van der Waals surface area contributed by atoms with Gasteiger partial charge in [-0.15, -0.1) is 11.3 Å². The van der Waals surface area contributed by atoms with E-state index < -0.39 is 17.5 Å². The van der Waals surface area contributed by atoms with Crippen molar-refractivity contribution in [3.8, 4) is 10.4 Å². The number of anilines is 2. The number of aryl methyl sites for hydroxylation is 1. The molecule has 13 heteroatoms. The largest absolute Gasteiger partial charge is 0.433 e. The number of hydrogen-bond acceptors (Lipinski definition) is 9. The lowest BCUT2D eigenvalue weighted by Gasteiger charge is -2.33. The van der Waals surface area contributed by atoms with Crippen molar-refractivity contribution >= 4 is 40.4 Å². The topological polar surface area (TPSA) is 113 Å². The second-order valence-electron chi connectivity index (χ2n) is 9.51. The Labute approximate surface area is 230 Å². The van der Waals surface area contributed by atoms with Crippen LogP contribution >= 0.6 is 22.9 Å². The fourth-order valence-corrected chi connectivity index (χ4v) is 6.11. The quantitative estimate of drug-likeness (QED) is 0.255. The van der Waals surface area contributed by atoms with Gasteiger partial charge in [0.15, 0.2) is 0 Å². The van der Waals surface area contributed by atoms with Crippen molar-refractivity contribution in [1.29, 1.82) is 0 Å². The van der Waals surface area contributed by atoms with Crippen molar-refractivity contribution in [3.05, 3.63) is 70.1 Å². The van der Waals surface area contributed by atoms with Crippen LogP contribution in [0.25, 0.3) is 10.4 Å². The van der Waals surface area contributed by atoms with Crippen molar-refractivity contribution in [2.75, 3.05) is 5.32 Å². The van der Waals surface area contributed by atoms with E-state index in [-0.39, 0.29) is 17.8 Å². The van der Waals surface area contributed by atoms with Gasteiger partial charge in [0.2, 0.25) is 11.9 Å². The van der Waals surface area contributed by atoms with Crippen LogP contribution in [-0.2, 0) is 23.1 Å². The molecule has 3 heterocycles. The van der Waals surface area contributed by atoms with Crippen molar-refractivity contribution in [2.24, 2.45) is 5.92 Å². The first-order valence-corrected chi connectivity index (χ1v) is 13.8. The maximum Gasteiger partial charge on any atom is 0.433 e. The molecule has 1 saturated carbocycles. The van der Waals surface area contributed by atoms with Crippen molar-refractivity contribution in [2.45, 2.75) is 50.9 Å². The fourth-order valence-electron chi connectivity index (χ4n) is 4.55. The number of nitrogens with zero attached hydrogens (tertiary/aromatic N) is 4. The first-order valence-electron chi connectivity index (χ1n) is 12.2. The Balaban J connectivity index is 1.25. The summed E-state index contributed by atoms with van der Waals surface area (Å²) in [4.78, 5) is 26.4. The number of carbonyl (C=O) groups excluding carboxylic acids is 1. The molecule has 8 nitrogen and oxygen atoms in total. The van der Waals surface area contributed by atoms with Crippen LogP contribution in [0.15, 0.2) is 48.9 Å². The molecule has 0 spiro atoms. The number of halogens is 3. The zero-order valence-electron chi connectivity index (χ0n) is 20.8. The van der Waals surface area contributed by atoms with Crippen molar-refractivity contribution in [3.63, 3.8) is 0 Å². The molecule has 1 aromatic carbocycles. The minimum Gasteiger partial charge on any atom is -0.383 e. The van der Waals surface area contributed by atoms with Gasteiger partial charge in [0, 0.05) is 35.1 Å². The van der Waals surface area contributed by atoms with Crippen LogP contribution in [0, 0.1) is 12.8 Å². The van der Waals surface area contributed by atoms with E-state index in [1.54, 1.807) is 24.5 Å².